The van der Waals surface area contributed by atoms with Crippen LogP contribution in [0.2, 0.25) is 0 Å². The van der Waals surface area contributed by atoms with E-state index < -0.39 is 0 Å². The average molecular weight is 149 g/mol. The maximum atomic E-state index is 4.64. The topological polar surface area (TPSA) is 28.7 Å². The Hall–Kier alpha value is -0.0000000000000000278. The first-order valence-electron chi connectivity index (χ1n) is 1.51. The Balaban J connectivity index is 3.30. The molecule has 5 heteroatoms. The molecule has 0 radical (unpaired) electrons. The Morgan fingerprint density at radius 2 is 2.57 bits per heavy atom. The number of hydrogen-bond donors (Lipinski definition) is 1. The molecule has 0 aliphatic carbocycles. The van der Waals surface area contributed by atoms with Crippen molar-refractivity contribution in [1.82, 2.24) is 9.36 Å². The fourth-order valence-electron chi connectivity index (χ4n) is 0.216. The molecule has 0 amide bonds. The summed E-state index contributed by atoms with van der Waals surface area (Å²) in [5.74, 6) is 0. The molecule has 0 unspecified atom stereocenters. The first-order chi connectivity index (χ1) is 3.29. The summed E-state index contributed by atoms with van der Waals surface area (Å²) in [6.07, 6.45) is 0. The van der Waals surface area contributed by atoms with Crippen LogP contribution in [0.4, 0.5) is 0 Å². The van der Waals surface area contributed by atoms with Crippen molar-refractivity contribution >= 4 is 36.4 Å². The molecule has 0 aromatic carbocycles. The minimum absolute atomic E-state index is 0.481. The van der Waals surface area contributed by atoms with Crippen molar-refractivity contribution < 1.29 is 0 Å². The summed E-state index contributed by atoms with van der Waals surface area (Å²) in [4.78, 5) is 3.70. The number of aromatic nitrogens is 2. The van der Waals surface area contributed by atoms with Crippen molar-refractivity contribution in [2.75, 3.05) is 0 Å². The van der Waals surface area contributed by atoms with Crippen molar-refractivity contribution in [3.05, 3.63) is 4.77 Å². The number of hydrogen-bond acceptors (Lipinski definition) is 4. The third kappa shape index (κ3) is 1.19. The molecular weight excluding hydrogens is 148 g/mol. The molecule has 0 bridgehead atoms. The van der Waals surface area contributed by atoms with Crippen LogP contribution in [0.25, 0.3) is 0 Å². The van der Waals surface area contributed by atoms with E-state index in [1.54, 1.807) is 0 Å². The van der Waals surface area contributed by atoms with Gasteiger partial charge in [0.15, 0.2) is 4.77 Å². The molecule has 0 spiro atoms. The summed E-state index contributed by atoms with van der Waals surface area (Å²) in [7, 11) is 0. The third-order valence-electron chi connectivity index (χ3n) is 0.418. The van der Waals surface area contributed by atoms with Crippen LogP contribution >= 0.6 is 23.8 Å². The molecule has 1 aromatic rings. The summed E-state index contributed by atoms with van der Waals surface area (Å²) in [5.41, 5.74) is 0. The molecule has 1 rings (SSSR count). The summed E-state index contributed by atoms with van der Waals surface area (Å²) in [5, 5.41) is 0. The molecule has 7 heavy (non-hydrogen) atoms. The molecule has 0 fully saturated rings. The fraction of sp³-hybridized carbons (Fsp3) is 0. The minimum atomic E-state index is 0.481. The Kier molecular flexibility index (Phi) is 1.36. The first kappa shape index (κ1) is 5.14. The molecule has 1 heterocycles. The van der Waals surface area contributed by atoms with E-state index in [0.29, 0.717) is 9.11 Å². The molecule has 0 atom stereocenters. The van der Waals surface area contributed by atoms with Gasteiger partial charge in [-0.2, -0.15) is 0 Å². The van der Waals surface area contributed by atoms with Gasteiger partial charge in [-0.15, -0.1) is 0 Å². The first-order valence-corrected chi connectivity index (χ1v) is 3.15. The van der Waals surface area contributed by atoms with Gasteiger partial charge in [0.05, 0.1) is 0 Å². The Morgan fingerprint density at radius 3 is 2.71 bits per heavy atom. The molecule has 2 nitrogen and oxygen atoms in total. The highest BCUT2D eigenvalue weighted by Crippen LogP contribution is 1.96. The van der Waals surface area contributed by atoms with E-state index in [2.05, 4.69) is 34.2 Å². The van der Waals surface area contributed by atoms with Gasteiger partial charge in [0, 0.05) is 0 Å². The highest BCUT2D eigenvalue weighted by Gasteiger charge is 1.71. The van der Waals surface area contributed by atoms with Crippen LogP contribution in [0.3, 0.4) is 0 Å². The monoisotopic (exact) mass is 149 g/mol. The van der Waals surface area contributed by atoms with Gasteiger partial charge < -0.3 is 17.0 Å². The van der Waals surface area contributed by atoms with Crippen molar-refractivity contribution in [2.45, 2.75) is 4.34 Å². The predicted molar refractivity (Wildman–Crippen MR) is 32.9 cm³/mol. The zero-order chi connectivity index (χ0) is 5.28. The van der Waals surface area contributed by atoms with E-state index >= 15 is 0 Å². The van der Waals surface area contributed by atoms with Crippen LogP contribution in [0.1, 0.15) is 0 Å². The molecule has 0 aliphatic heterocycles. The van der Waals surface area contributed by atoms with E-state index in [0.717, 1.165) is 0 Å². The number of rotatable bonds is 0. The van der Waals surface area contributed by atoms with Crippen LogP contribution in [0.15, 0.2) is 4.34 Å². The lowest BCUT2D eigenvalue weighted by Gasteiger charge is -1.80. The number of nitrogens with zero attached hydrogens (tertiary/aromatic N) is 1. The summed E-state index contributed by atoms with van der Waals surface area (Å²) < 4.78 is 3.77. The molecule has 0 saturated carbocycles. The highest BCUT2D eigenvalue weighted by atomic mass is 32.2. The highest BCUT2D eigenvalue weighted by molar-refractivity contribution is 7.71. The van der Waals surface area contributed by atoms with Crippen LogP contribution < -0.4 is 0 Å². The third-order valence-corrected chi connectivity index (χ3v) is 1.64. The Morgan fingerprint density at radius 1 is 1.86 bits per heavy atom. The second kappa shape index (κ2) is 1.85. The zero-order valence-electron chi connectivity index (χ0n) is 3.17. The predicted octanol–water partition coefficient (Wildman–Crippen LogP) is 1.11. The van der Waals surface area contributed by atoms with Crippen molar-refractivity contribution in [2.24, 2.45) is 0 Å². The van der Waals surface area contributed by atoms with Gasteiger partial charge >= 0.3 is 0 Å². The van der Waals surface area contributed by atoms with Crippen LogP contribution in [0.5, 0.6) is 0 Å². The van der Waals surface area contributed by atoms with Gasteiger partial charge in [-0.25, -0.2) is 4.98 Å². The second-order valence-corrected chi connectivity index (χ2v) is 2.71. The van der Waals surface area contributed by atoms with Crippen LogP contribution in [-0.4, -0.2) is 9.36 Å². The van der Waals surface area contributed by atoms with Gasteiger partial charge in [-0.05, 0) is 16.6 Å². The van der Waals surface area contributed by atoms with Gasteiger partial charge in [0.1, 0.15) is 0 Å². The average Bonchev–Trinajstić information content (AvgIpc) is 1.87. The lowest BCUT2D eigenvalue weighted by molar-refractivity contribution is 1.19. The number of nitrogens with one attached hydrogen (secondary N) is 1. The number of H-pyrrole nitrogens is 1. The molecular formula is C2HN2S3-. The lowest BCUT2D eigenvalue weighted by atomic mass is 11.3. The zero-order valence-corrected chi connectivity index (χ0v) is 5.62. The normalized spacial score (nSPS) is 9.14. The van der Waals surface area contributed by atoms with E-state index in [1.165, 1.54) is 11.5 Å². The maximum Gasteiger partial charge on any atom is 0.188 e. The van der Waals surface area contributed by atoms with Gasteiger partial charge in [-0.1, -0.05) is 0 Å². The van der Waals surface area contributed by atoms with Crippen molar-refractivity contribution in [3.63, 3.8) is 0 Å². The quantitative estimate of drug-likeness (QED) is 0.442. The smallest absolute Gasteiger partial charge is 0.188 e. The fourth-order valence-corrected chi connectivity index (χ4v) is 1.12. The second-order valence-electron chi connectivity index (χ2n) is 0.887. The summed E-state index contributed by atoms with van der Waals surface area (Å²) >= 11 is 10.5. The molecule has 0 saturated heterocycles. The lowest BCUT2D eigenvalue weighted by Crippen LogP contribution is -1.61. The van der Waals surface area contributed by atoms with Crippen molar-refractivity contribution in [1.29, 1.82) is 0 Å². The van der Waals surface area contributed by atoms with Crippen LogP contribution in [0, 0.1) is 4.77 Å². The molecule has 1 aromatic heterocycles. The van der Waals surface area contributed by atoms with Gasteiger partial charge in [-0.3, -0.25) is 11.5 Å². The Labute approximate surface area is 55.2 Å². The van der Waals surface area contributed by atoms with Gasteiger partial charge in [0.2, 0.25) is 0 Å². The SMILES string of the molecule is S=c1nc([S-])s[nH]1. The molecule has 0 aliphatic rings. The van der Waals surface area contributed by atoms with E-state index in [4.69, 9.17) is 0 Å². The standard InChI is InChI=1S/C2H2N2S3/c5-1-3-2(6)7-4-1/h(H2,3,4,5,6)/p-1. The minimum Gasteiger partial charge on any atom is -0.407 e. The summed E-state index contributed by atoms with van der Waals surface area (Å²) in [6.45, 7) is 0. The van der Waals surface area contributed by atoms with E-state index in [1.807, 2.05) is 0 Å². The summed E-state index contributed by atoms with van der Waals surface area (Å²) in [6, 6.07) is 0. The van der Waals surface area contributed by atoms with Crippen molar-refractivity contribution in [3.8, 4) is 0 Å². The van der Waals surface area contributed by atoms with E-state index in [-0.39, 0.29) is 0 Å². The largest absolute Gasteiger partial charge is 0.407 e. The Bertz CT molecular complexity index is 199. The van der Waals surface area contributed by atoms with E-state index in [9.17, 15) is 0 Å². The molecule has 38 valence electrons. The van der Waals surface area contributed by atoms with Crippen LogP contribution in [-0.2, 0) is 12.6 Å². The molecule has 1 N–H and O–H groups in total. The van der Waals surface area contributed by atoms with Gasteiger partial charge in [0.25, 0.3) is 0 Å². The number of aromatic amines is 1. The maximum absolute atomic E-state index is 4.64.